The van der Waals surface area contributed by atoms with Crippen LogP contribution < -0.4 is 5.32 Å². The molecule has 0 bridgehead atoms. The summed E-state index contributed by atoms with van der Waals surface area (Å²) in [6, 6.07) is 6.00. The lowest BCUT2D eigenvalue weighted by Gasteiger charge is -2.17. The van der Waals surface area contributed by atoms with Crippen LogP contribution in [0.25, 0.3) is 0 Å². The third-order valence-corrected chi connectivity index (χ3v) is 4.73. The molecule has 0 aromatic heterocycles. The molecule has 0 heterocycles. The number of nitrogens with zero attached hydrogens (tertiary/aromatic N) is 1. The molecule has 1 rings (SSSR count). The van der Waals surface area contributed by atoms with E-state index in [-0.39, 0.29) is 18.1 Å². The number of halogens is 1. The first-order valence-electron chi connectivity index (χ1n) is 6.29. The van der Waals surface area contributed by atoms with Crippen LogP contribution in [0.15, 0.2) is 24.3 Å². The first-order valence-corrected chi connectivity index (χ1v) is 7.89. The fourth-order valence-electron chi connectivity index (χ4n) is 1.73. The summed E-state index contributed by atoms with van der Waals surface area (Å²) in [4.78, 5) is 0. The second kappa shape index (κ2) is 7.57. The van der Waals surface area contributed by atoms with Gasteiger partial charge in [-0.3, -0.25) is 0 Å². The maximum atomic E-state index is 13.0. The van der Waals surface area contributed by atoms with Crippen molar-refractivity contribution in [3.8, 4) is 0 Å². The Kier molecular flexibility index (Phi) is 6.41. The van der Waals surface area contributed by atoms with Crippen molar-refractivity contribution < 1.29 is 12.8 Å². The van der Waals surface area contributed by atoms with Gasteiger partial charge >= 0.3 is 0 Å². The average molecular weight is 288 g/mol. The monoisotopic (exact) mass is 288 g/mol. The van der Waals surface area contributed by atoms with Crippen molar-refractivity contribution in [1.82, 2.24) is 9.62 Å². The van der Waals surface area contributed by atoms with Crippen molar-refractivity contribution in [2.24, 2.45) is 0 Å². The minimum absolute atomic E-state index is 0.125. The van der Waals surface area contributed by atoms with E-state index in [4.69, 9.17) is 0 Å². The Morgan fingerprint density at radius 1 is 1.32 bits per heavy atom. The van der Waals surface area contributed by atoms with Crippen LogP contribution in [0.4, 0.5) is 4.39 Å². The molecule has 0 aliphatic heterocycles. The van der Waals surface area contributed by atoms with E-state index in [2.05, 4.69) is 5.32 Å². The van der Waals surface area contributed by atoms with Crippen molar-refractivity contribution >= 4 is 10.0 Å². The fraction of sp³-hybridized carbons (Fsp3) is 0.538. The Bertz CT molecular complexity index is 491. The molecule has 0 aliphatic carbocycles. The smallest absolute Gasteiger partial charge is 0.214 e. The number of hydrogen-bond acceptors (Lipinski definition) is 3. The Labute approximate surface area is 114 Å². The Hall–Kier alpha value is -0.980. The molecule has 1 aromatic carbocycles. The topological polar surface area (TPSA) is 49.4 Å². The lowest BCUT2D eigenvalue weighted by atomic mass is 10.2. The number of benzene rings is 1. The highest BCUT2D eigenvalue weighted by Crippen LogP contribution is 2.10. The van der Waals surface area contributed by atoms with E-state index in [1.54, 1.807) is 12.1 Å². The summed E-state index contributed by atoms with van der Waals surface area (Å²) in [5.41, 5.74) is 0.654. The zero-order valence-electron chi connectivity index (χ0n) is 11.4. The summed E-state index contributed by atoms with van der Waals surface area (Å²) in [7, 11) is 0.0953. The van der Waals surface area contributed by atoms with Crippen LogP contribution in [0.2, 0.25) is 0 Å². The van der Waals surface area contributed by atoms with Gasteiger partial charge < -0.3 is 5.32 Å². The van der Waals surface area contributed by atoms with Gasteiger partial charge in [0, 0.05) is 13.6 Å². The Morgan fingerprint density at radius 2 is 2.05 bits per heavy atom. The van der Waals surface area contributed by atoms with E-state index in [0.29, 0.717) is 12.0 Å². The standard InChI is InChI=1S/C13H21FN2O2S/c1-15-8-3-4-9-19(17,18)16(2)11-12-6-5-7-13(14)10-12/h5-7,10,15H,3-4,8-9,11H2,1-2H3. The predicted octanol–water partition coefficient (Wildman–Crippen LogP) is 1.59. The van der Waals surface area contributed by atoms with Gasteiger partial charge in [-0.2, -0.15) is 0 Å². The normalized spacial score (nSPS) is 12.0. The number of hydrogen-bond donors (Lipinski definition) is 1. The molecule has 0 spiro atoms. The molecule has 0 aliphatic rings. The molecule has 0 radical (unpaired) electrons. The Balaban J connectivity index is 2.53. The van der Waals surface area contributed by atoms with Crippen LogP contribution in [0.3, 0.4) is 0 Å². The molecular weight excluding hydrogens is 267 g/mol. The third kappa shape index (κ3) is 5.67. The van der Waals surface area contributed by atoms with Crippen molar-refractivity contribution in [1.29, 1.82) is 0 Å². The predicted molar refractivity (Wildman–Crippen MR) is 74.8 cm³/mol. The van der Waals surface area contributed by atoms with E-state index in [1.807, 2.05) is 7.05 Å². The molecule has 0 saturated heterocycles. The van der Waals surface area contributed by atoms with Gasteiger partial charge in [-0.25, -0.2) is 17.1 Å². The molecule has 6 heteroatoms. The zero-order chi connectivity index (χ0) is 14.3. The number of rotatable bonds is 8. The van der Waals surface area contributed by atoms with Crippen molar-refractivity contribution in [2.45, 2.75) is 19.4 Å². The molecule has 1 N–H and O–H groups in total. The van der Waals surface area contributed by atoms with Crippen LogP contribution in [-0.2, 0) is 16.6 Å². The summed E-state index contributed by atoms with van der Waals surface area (Å²) < 4.78 is 38.3. The molecule has 0 fully saturated rings. The third-order valence-electron chi connectivity index (χ3n) is 2.85. The van der Waals surface area contributed by atoms with Gasteiger partial charge in [0.2, 0.25) is 10.0 Å². The number of sulfonamides is 1. The second-order valence-electron chi connectivity index (χ2n) is 4.51. The van der Waals surface area contributed by atoms with Crippen LogP contribution in [0.1, 0.15) is 18.4 Å². The summed E-state index contributed by atoms with van der Waals surface area (Å²) in [5.74, 6) is -0.224. The first kappa shape index (κ1) is 16.1. The summed E-state index contributed by atoms with van der Waals surface area (Å²) in [6.07, 6.45) is 1.44. The molecule has 0 unspecified atom stereocenters. The van der Waals surface area contributed by atoms with Crippen LogP contribution in [0, 0.1) is 5.82 Å². The lowest BCUT2D eigenvalue weighted by molar-refractivity contribution is 0.463. The maximum absolute atomic E-state index is 13.0. The molecule has 0 atom stereocenters. The molecule has 0 saturated carbocycles. The summed E-state index contributed by atoms with van der Waals surface area (Å²) in [5, 5.41) is 2.98. The minimum atomic E-state index is -3.27. The second-order valence-corrected chi connectivity index (χ2v) is 6.71. The van der Waals surface area contributed by atoms with Crippen molar-refractivity contribution in [3.05, 3.63) is 35.6 Å². The first-order chi connectivity index (χ1) is 8.95. The van der Waals surface area contributed by atoms with Gasteiger partial charge in [0.1, 0.15) is 5.82 Å². The molecule has 0 amide bonds. The fourth-order valence-corrected chi connectivity index (χ4v) is 2.96. The quantitative estimate of drug-likeness (QED) is 0.739. The van der Waals surface area contributed by atoms with E-state index in [1.165, 1.54) is 23.5 Å². The van der Waals surface area contributed by atoms with Gasteiger partial charge in [-0.15, -0.1) is 0 Å². The molecule has 4 nitrogen and oxygen atoms in total. The van der Waals surface area contributed by atoms with E-state index in [0.717, 1.165) is 13.0 Å². The van der Waals surface area contributed by atoms with E-state index in [9.17, 15) is 12.8 Å². The van der Waals surface area contributed by atoms with Crippen molar-refractivity contribution in [2.75, 3.05) is 26.4 Å². The van der Waals surface area contributed by atoms with Crippen LogP contribution in [-0.4, -0.2) is 39.1 Å². The van der Waals surface area contributed by atoms with E-state index < -0.39 is 10.0 Å². The Morgan fingerprint density at radius 3 is 2.68 bits per heavy atom. The van der Waals surface area contributed by atoms with Gasteiger partial charge in [0.05, 0.1) is 5.75 Å². The largest absolute Gasteiger partial charge is 0.320 e. The molecule has 1 aromatic rings. The average Bonchev–Trinajstić information content (AvgIpc) is 2.34. The van der Waals surface area contributed by atoms with Gasteiger partial charge in [0.15, 0.2) is 0 Å². The minimum Gasteiger partial charge on any atom is -0.320 e. The highest BCUT2D eigenvalue weighted by Gasteiger charge is 2.17. The highest BCUT2D eigenvalue weighted by molar-refractivity contribution is 7.89. The van der Waals surface area contributed by atoms with Gasteiger partial charge in [-0.1, -0.05) is 12.1 Å². The van der Waals surface area contributed by atoms with E-state index >= 15 is 0 Å². The maximum Gasteiger partial charge on any atom is 0.214 e. The zero-order valence-corrected chi connectivity index (χ0v) is 12.2. The summed E-state index contributed by atoms with van der Waals surface area (Å²) >= 11 is 0. The molecule has 19 heavy (non-hydrogen) atoms. The van der Waals surface area contributed by atoms with Crippen molar-refractivity contribution in [3.63, 3.8) is 0 Å². The van der Waals surface area contributed by atoms with Crippen LogP contribution in [0.5, 0.6) is 0 Å². The van der Waals surface area contributed by atoms with Gasteiger partial charge in [0.25, 0.3) is 0 Å². The lowest BCUT2D eigenvalue weighted by Crippen LogP contribution is -2.29. The molecule has 108 valence electrons. The number of unbranched alkanes of at least 4 members (excludes halogenated alkanes) is 1. The van der Waals surface area contributed by atoms with Gasteiger partial charge in [-0.05, 0) is 44.1 Å². The SMILES string of the molecule is CNCCCCS(=O)(=O)N(C)Cc1cccc(F)c1. The molecular formula is C13H21FN2O2S. The van der Waals surface area contributed by atoms with Crippen LogP contribution >= 0.6 is 0 Å². The number of nitrogens with one attached hydrogen (secondary N) is 1. The summed E-state index contributed by atoms with van der Waals surface area (Å²) in [6.45, 7) is 1.01. The highest BCUT2D eigenvalue weighted by atomic mass is 32.2.